The number of nitrogens with zero attached hydrogens (tertiary/aromatic N) is 1. The van der Waals surface area contributed by atoms with Gasteiger partial charge in [-0.1, -0.05) is 0 Å². The Morgan fingerprint density at radius 2 is 1.50 bits per heavy atom. The molecule has 0 fully saturated rings. The fraction of sp³-hybridized carbons (Fsp3) is 0.625. The van der Waals surface area contributed by atoms with Crippen molar-refractivity contribution in [3.8, 4) is 0 Å². The molecule has 5 N–H and O–H groups in total. The van der Waals surface area contributed by atoms with Gasteiger partial charge in [-0.25, -0.2) is 8.42 Å². The number of amides is 2. The minimum Gasteiger partial charge on any atom is -0.481 e. The largest absolute Gasteiger partial charge is 0.481 e. The highest BCUT2D eigenvalue weighted by molar-refractivity contribution is 7.89. The number of rotatable bonds is 9. The molecule has 0 heterocycles. The van der Waals surface area contributed by atoms with Crippen molar-refractivity contribution in [3.05, 3.63) is 0 Å². The minimum absolute atomic E-state index is 0.133. The maximum absolute atomic E-state index is 11.7. The molecule has 0 radical (unpaired) electrons. The Morgan fingerprint density at radius 1 is 1.06 bits per heavy atom. The second kappa shape index (κ2) is 6.91. The van der Waals surface area contributed by atoms with Crippen molar-refractivity contribution in [3.63, 3.8) is 0 Å². The van der Waals surface area contributed by atoms with Crippen LogP contribution in [0.15, 0.2) is 0 Å². The van der Waals surface area contributed by atoms with Crippen LogP contribution in [0, 0.1) is 0 Å². The van der Waals surface area contributed by atoms with Gasteiger partial charge in [-0.2, -0.15) is 4.31 Å². The number of hydrogen-bond donors (Lipinski definition) is 3. The predicted octanol–water partition coefficient (Wildman–Crippen LogP) is -2.55. The Hall–Kier alpha value is -1.68. The van der Waals surface area contributed by atoms with Crippen LogP contribution in [0.25, 0.3) is 0 Å². The molecule has 0 rings (SSSR count). The van der Waals surface area contributed by atoms with Crippen molar-refractivity contribution < 1.29 is 27.9 Å². The van der Waals surface area contributed by atoms with Crippen LogP contribution in [0.4, 0.5) is 0 Å². The van der Waals surface area contributed by atoms with Crippen molar-refractivity contribution in [2.24, 2.45) is 11.5 Å². The highest BCUT2D eigenvalue weighted by atomic mass is 32.2. The lowest BCUT2D eigenvalue weighted by atomic mass is 10.3. The third-order valence-corrected chi connectivity index (χ3v) is 3.70. The van der Waals surface area contributed by atoms with E-state index in [1.165, 1.54) is 0 Å². The second-order valence-corrected chi connectivity index (χ2v) is 5.60. The van der Waals surface area contributed by atoms with Gasteiger partial charge in [-0.3, -0.25) is 14.4 Å². The van der Waals surface area contributed by atoms with E-state index in [-0.39, 0.29) is 12.8 Å². The van der Waals surface area contributed by atoms with Crippen LogP contribution < -0.4 is 11.5 Å². The Kier molecular flexibility index (Phi) is 6.27. The topological polar surface area (TPSA) is 161 Å². The highest BCUT2D eigenvalue weighted by Gasteiger charge is 2.25. The predicted molar refractivity (Wildman–Crippen MR) is 60.6 cm³/mol. The summed E-state index contributed by atoms with van der Waals surface area (Å²) in [7, 11) is -3.94. The van der Waals surface area contributed by atoms with Crippen molar-refractivity contribution in [1.82, 2.24) is 4.31 Å². The van der Waals surface area contributed by atoms with Crippen LogP contribution in [0.2, 0.25) is 0 Å². The zero-order valence-corrected chi connectivity index (χ0v) is 10.4. The molecule has 0 aromatic rings. The van der Waals surface area contributed by atoms with E-state index >= 15 is 0 Å². The van der Waals surface area contributed by atoms with Gasteiger partial charge in [0.2, 0.25) is 21.8 Å². The molecule has 2 amide bonds. The lowest BCUT2D eigenvalue weighted by molar-refractivity contribution is -0.137. The molecule has 0 bridgehead atoms. The summed E-state index contributed by atoms with van der Waals surface area (Å²) in [5, 5.41) is 8.38. The van der Waals surface area contributed by atoms with Gasteiger partial charge in [-0.05, 0) is 6.42 Å². The fourth-order valence-corrected chi connectivity index (χ4v) is 2.55. The van der Waals surface area contributed by atoms with E-state index in [1.54, 1.807) is 0 Å². The summed E-state index contributed by atoms with van der Waals surface area (Å²) in [5.74, 6) is -3.50. The number of aliphatic carboxylic acids is 1. The van der Waals surface area contributed by atoms with E-state index in [0.717, 1.165) is 0 Å². The molecule has 0 aliphatic heterocycles. The molecule has 104 valence electrons. The molecule has 0 aliphatic rings. The monoisotopic (exact) mass is 281 g/mol. The molecule has 18 heavy (non-hydrogen) atoms. The Balaban J connectivity index is 4.68. The van der Waals surface area contributed by atoms with E-state index in [9.17, 15) is 22.8 Å². The molecule has 9 nitrogen and oxygen atoms in total. The summed E-state index contributed by atoms with van der Waals surface area (Å²) in [6, 6.07) is 0. The lowest BCUT2D eigenvalue weighted by Crippen LogP contribution is -2.44. The van der Waals surface area contributed by atoms with Crippen molar-refractivity contribution >= 4 is 27.8 Å². The van der Waals surface area contributed by atoms with E-state index in [2.05, 4.69) is 0 Å². The molecule has 0 aromatic heterocycles. The number of hydrogen-bond acceptors (Lipinski definition) is 5. The molecule has 10 heteroatoms. The first-order valence-electron chi connectivity index (χ1n) is 4.91. The molecule has 0 aliphatic carbocycles. The Bertz CT molecular complexity index is 416. The number of carbonyl (C=O) groups is 3. The Labute approximate surface area is 104 Å². The molecule has 0 unspecified atom stereocenters. The number of carboxylic acids is 1. The van der Waals surface area contributed by atoms with Crippen LogP contribution in [0.5, 0.6) is 0 Å². The van der Waals surface area contributed by atoms with Gasteiger partial charge in [0.25, 0.3) is 0 Å². The first kappa shape index (κ1) is 16.3. The normalized spacial score (nSPS) is 11.4. The summed E-state index contributed by atoms with van der Waals surface area (Å²) < 4.78 is 23.9. The number of nitrogens with two attached hydrogens (primary N) is 2. The molecular weight excluding hydrogens is 266 g/mol. The van der Waals surface area contributed by atoms with Gasteiger partial charge < -0.3 is 16.6 Å². The van der Waals surface area contributed by atoms with E-state index < -0.39 is 46.6 Å². The minimum atomic E-state index is -3.94. The van der Waals surface area contributed by atoms with Gasteiger partial charge >= 0.3 is 5.97 Å². The van der Waals surface area contributed by atoms with Crippen molar-refractivity contribution in [2.45, 2.75) is 12.8 Å². The Morgan fingerprint density at radius 3 is 1.83 bits per heavy atom. The van der Waals surface area contributed by atoms with Gasteiger partial charge in [0.15, 0.2) is 0 Å². The quantitative estimate of drug-likeness (QED) is 0.421. The zero-order chi connectivity index (χ0) is 14.3. The fourth-order valence-electron chi connectivity index (χ4n) is 1.14. The van der Waals surface area contributed by atoms with Crippen molar-refractivity contribution in [2.75, 3.05) is 18.8 Å². The van der Waals surface area contributed by atoms with Crippen molar-refractivity contribution in [1.29, 1.82) is 0 Å². The van der Waals surface area contributed by atoms with E-state index in [4.69, 9.17) is 16.6 Å². The first-order chi connectivity index (χ1) is 8.15. The van der Waals surface area contributed by atoms with Crippen LogP contribution >= 0.6 is 0 Å². The van der Waals surface area contributed by atoms with E-state index in [1.807, 2.05) is 0 Å². The number of primary amides is 2. The first-order valence-corrected chi connectivity index (χ1v) is 6.52. The van der Waals surface area contributed by atoms with Crippen LogP contribution in [-0.2, 0) is 24.4 Å². The van der Waals surface area contributed by atoms with Gasteiger partial charge in [0.1, 0.15) is 0 Å². The van der Waals surface area contributed by atoms with Crippen LogP contribution in [0.1, 0.15) is 12.8 Å². The molecular formula is C8H15N3O6S. The molecule has 0 spiro atoms. The maximum atomic E-state index is 11.7. The molecule has 0 saturated heterocycles. The molecule has 0 aromatic carbocycles. The number of sulfonamides is 1. The summed E-state index contributed by atoms with van der Waals surface area (Å²) in [5.41, 5.74) is 9.70. The molecule has 0 atom stereocenters. The SMILES string of the molecule is NC(=O)CN(CC(N)=O)S(=O)(=O)CCCC(=O)O. The van der Waals surface area contributed by atoms with Crippen LogP contribution in [-0.4, -0.2) is 54.5 Å². The number of carboxylic acid groups (broad SMARTS) is 1. The van der Waals surface area contributed by atoms with Gasteiger partial charge in [0, 0.05) is 6.42 Å². The third kappa shape index (κ3) is 6.81. The highest BCUT2D eigenvalue weighted by Crippen LogP contribution is 2.04. The smallest absolute Gasteiger partial charge is 0.303 e. The lowest BCUT2D eigenvalue weighted by Gasteiger charge is -2.18. The average molecular weight is 281 g/mol. The maximum Gasteiger partial charge on any atom is 0.303 e. The third-order valence-electron chi connectivity index (χ3n) is 1.85. The van der Waals surface area contributed by atoms with Crippen LogP contribution in [0.3, 0.4) is 0 Å². The zero-order valence-electron chi connectivity index (χ0n) is 9.53. The molecule has 0 saturated carbocycles. The summed E-state index contributed by atoms with van der Waals surface area (Å²) >= 11 is 0. The summed E-state index contributed by atoms with van der Waals surface area (Å²) in [6.07, 6.45) is -0.466. The van der Waals surface area contributed by atoms with Gasteiger partial charge in [-0.15, -0.1) is 0 Å². The van der Waals surface area contributed by atoms with Gasteiger partial charge in [0.05, 0.1) is 18.8 Å². The summed E-state index contributed by atoms with van der Waals surface area (Å²) in [4.78, 5) is 31.6. The number of carbonyl (C=O) groups excluding carboxylic acids is 2. The second-order valence-electron chi connectivity index (χ2n) is 3.51. The standard InChI is InChI=1S/C8H15N3O6S/c9-6(12)4-11(5-7(10)13)18(16,17)3-1-2-8(14)15/h1-5H2,(H2,9,12)(H2,10,13)(H,14,15). The van der Waals surface area contributed by atoms with E-state index in [0.29, 0.717) is 4.31 Å². The summed E-state index contributed by atoms with van der Waals surface area (Å²) in [6.45, 7) is -1.34. The average Bonchev–Trinajstić information content (AvgIpc) is 2.13.